The molecule has 2 aromatic rings. The van der Waals surface area contributed by atoms with Crippen molar-refractivity contribution in [3.8, 4) is 0 Å². The second-order valence-electron chi connectivity index (χ2n) is 6.81. The molecule has 1 saturated heterocycles. The number of benzene rings is 2. The average Bonchev–Trinajstić information content (AvgIpc) is 3.12. The van der Waals surface area contributed by atoms with Crippen LogP contribution in [-0.4, -0.2) is 11.8 Å². The van der Waals surface area contributed by atoms with Crippen molar-refractivity contribution in [2.24, 2.45) is 0 Å². The highest BCUT2D eigenvalue weighted by Gasteiger charge is 2.51. The molecule has 1 spiro atoms. The van der Waals surface area contributed by atoms with Gasteiger partial charge in [-0.3, -0.25) is 0 Å². The third-order valence-corrected chi connectivity index (χ3v) is 4.86. The molecule has 0 unspecified atom stereocenters. The zero-order valence-electron chi connectivity index (χ0n) is 15.4. The molecule has 0 bridgehead atoms. The molecule has 4 nitrogen and oxygen atoms in total. The summed E-state index contributed by atoms with van der Waals surface area (Å²) in [6, 6.07) is 0. The summed E-state index contributed by atoms with van der Waals surface area (Å²) in [5, 5.41) is 0. The lowest BCUT2D eigenvalue weighted by Crippen LogP contribution is -2.42. The molecule has 0 N–H and O–H groups in total. The Hall–Kier alpha value is -3.13. The van der Waals surface area contributed by atoms with Crippen LogP contribution >= 0.6 is 0 Å². The second kappa shape index (κ2) is 7.73. The summed E-state index contributed by atoms with van der Waals surface area (Å²) >= 11 is 0. The minimum Gasteiger partial charge on any atom is -0.426 e. The van der Waals surface area contributed by atoms with Gasteiger partial charge in [0.25, 0.3) is 0 Å². The summed E-state index contributed by atoms with van der Waals surface area (Å²) in [7, 11) is 0. The van der Waals surface area contributed by atoms with E-state index >= 15 is 0 Å². The van der Waals surface area contributed by atoms with Crippen LogP contribution in [0.25, 0.3) is 0 Å². The quantitative estimate of drug-likeness (QED) is 0.257. The third-order valence-electron chi connectivity index (χ3n) is 4.86. The lowest BCUT2D eigenvalue weighted by Gasteiger charge is -2.40. The molecule has 0 amide bonds. The molecule has 176 valence electrons. The van der Waals surface area contributed by atoms with Crippen LogP contribution in [0.2, 0.25) is 0 Å². The zero-order valence-corrected chi connectivity index (χ0v) is 15.4. The van der Waals surface area contributed by atoms with E-state index < -0.39 is 99.9 Å². The number of hydrogen-bond donors (Lipinski definition) is 0. The molecule has 0 radical (unpaired) electrons. The van der Waals surface area contributed by atoms with Crippen LogP contribution in [0, 0.1) is 58.2 Å². The summed E-state index contributed by atoms with van der Waals surface area (Å²) < 4.78 is 153. The minimum atomic E-state index is -2.71. The molecule has 14 heteroatoms. The SMILES string of the molecule is O=C1C=C[C@]2(C[C@@H](c3c(F)c(F)c(F)c(F)c3F)O[C@@H](c3c(F)c(F)c(F)c(F)c3F)O2)O1. The van der Waals surface area contributed by atoms with Gasteiger partial charge in [-0.2, -0.15) is 0 Å². The van der Waals surface area contributed by atoms with Gasteiger partial charge in [-0.05, 0) is 6.08 Å². The van der Waals surface area contributed by atoms with Gasteiger partial charge in [0.15, 0.2) is 52.8 Å². The Morgan fingerprint density at radius 1 is 0.667 bits per heavy atom. The van der Waals surface area contributed by atoms with Crippen LogP contribution in [-0.2, 0) is 19.0 Å². The van der Waals surface area contributed by atoms with E-state index in [1.807, 2.05) is 0 Å². The Labute approximate surface area is 175 Å². The average molecular weight is 488 g/mol. The number of carbonyl (C=O) groups is 1. The molecule has 0 aliphatic carbocycles. The fraction of sp³-hybridized carbons (Fsp3) is 0.211. The van der Waals surface area contributed by atoms with Gasteiger partial charge in [0.2, 0.25) is 17.4 Å². The molecule has 2 aliphatic heterocycles. The van der Waals surface area contributed by atoms with Crippen LogP contribution in [0.15, 0.2) is 12.2 Å². The first kappa shape index (κ1) is 23.0. The molecule has 0 saturated carbocycles. The number of ether oxygens (including phenoxy) is 3. The number of rotatable bonds is 2. The van der Waals surface area contributed by atoms with Crippen LogP contribution in [0.3, 0.4) is 0 Å². The van der Waals surface area contributed by atoms with E-state index in [1.54, 1.807) is 0 Å². The van der Waals surface area contributed by atoms with Crippen molar-refractivity contribution in [1.82, 2.24) is 0 Å². The Balaban J connectivity index is 1.90. The normalized spacial score (nSPS) is 24.6. The predicted octanol–water partition coefficient (Wildman–Crippen LogP) is 5.06. The van der Waals surface area contributed by atoms with Gasteiger partial charge in [-0.1, -0.05) is 0 Å². The van der Waals surface area contributed by atoms with Crippen molar-refractivity contribution < 1.29 is 62.9 Å². The van der Waals surface area contributed by atoms with E-state index in [2.05, 4.69) is 0 Å². The van der Waals surface area contributed by atoms with Gasteiger partial charge < -0.3 is 14.2 Å². The van der Waals surface area contributed by atoms with Gasteiger partial charge in [-0.15, -0.1) is 0 Å². The summed E-state index contributed by atoms with van der Waals surface area (Å²) in [6.07, 6.45) is -4.64. The van der Waals surface area contributed by atoms with Crippen LogP contribution in [0.5, 0.6) is 0 Å². The molecular formula is C19H6F10O4. The number of halogens is 10. The van der Waals surface area contributed by atoms with Gasteiger partial charge in [0.1, 0.15) is 0 Å². The van der Waals surface area contributed by atoms with Crippen molar-refractivity contribution >= 4 is 5.97 Å². The lowest BCUT2D eigenvalue weighted by atomic mass is 9.97. The molecule has 2 aliphatic rings. The summed E-state index contributed by atoms with van der Waals surface area (Å²) in [5.74, 6) is -28.2. The Morgan fingerprint density at radius 3 is 1.52 bits per heavy atom. The molecule has 0 aromatic heterocycles. The lowest BCUT2D eigenvalue weighted by molar-refractivity contribution is -0.337. The van der Waals surface area contributed by atoms with Crippen LogP contribution in [0.4, 0.5) is 43.9 Å². The van der Waals surface area contributed by atoms with Crippen LogP contribution < -0.4 is 0 Å². The monoisotopic (exact) mass is 488 g/mol. The maximum Gasteiger partial charge on any atom is 0.333 e. The van der Waals surface area contributed by atoms with Crippen molar-refractivity contribution in [2.45, 2.75) is 24.6 Å². The standard InChI is InChI=1S/C19H6F10O4/c20-8-6(9(21)13(25)16(28)12(8)24)4-3-19(2-1-5(30)32-19)33-18(31-4)7-10(22)14(26)17(29)15(27)11(7)23/h1-2,4,18H,3H2/t4-,18+,19-/m0/s1. The third kappa shape index (κ3) is 3.44. The van der Waals surface area contributed by atoms with E-state index in [-0.39, 0.29) is 0 Å². The maximum atomic E-state index is 14.3. The Kier molecular flexibility index (Phi) is 5.40. The van der Waals surface area contributed by atoms with Crippen LogP contribution in [0.1, 0.15) is 29.9 Å². The van der Waals surface area contributed by atoms with Gasteiger partial charge in [0.05, 0.1) is 17.2 Å². The minimum absolute atomic E-state index is 0.677. The molecule has 2 aromatic carbocycles. The van der Waals surface area contributed by atoms with E-state index in [4.69, 9.17) is 14.2 Å². The maximum absolute atomic E-state index is 14.3. The zero-order chi connectivity index (χ0) is 24.4. The predicted molar refractivity (Wildman–Crippen MR) is 82.7 cm³/mol. The Bertz CT molecular complexity index is 1090. The molecule has 33 heavy (non-hydrogen) atoms. The topological polar surface area (TPSA) is 44.8 Å². The first-order chi connectivity index (χ1) is 15.4. The Morgan fingerprint density at radius 2 is 1.09 bits per heavy atom. The van der Waals surface area contributed by atoms with E-state index in [0.717, 1.165) is 6.08 Å². The first-order valence-corrected chi connectivity index (χ1v) is 8.66. The molecular weight excluding hydrogens is 482 g/mol. The van der Waals surface area contributed by atoms with Gasteiger partial charge in [0, 0.05) is 12.5 Å². The number of esters is 1. The second-order valence-corrected chi connectivity index (χ2v) is 6.81. The summed E-state index contributed by atoms with van der Waals surface area (Å²) in [4.78, 5) is 11.5. The molecule has 2 heterocycles. The number of carbonyl (C=O) groups excluding carboxylic acids is 1. The smallest absolute Gasteiger partial charge is 0.333 e. The van der Waals surface area contributed by atoms with Gasteiger partial charge in [-0.25, -0.2) is 48.7 Å². The highest BCUT2D eigenvalue weighted by Crippen LogP contribution is 2.48. The molecule has 3 atom stereocenters. The van der Waals surface area contributed by atoms with Gasteiger partial charge >= 0.3 is 5.97 Å². The fourth-order valence-corrected chi connectivity index (χ4v) is 3.35. The molecule has 1 fully saturated rings. The highest BCUT2D eigenvalue weighted by atomic mass is 19.2. The summed E-state index contributed by atoms with van der Waals surface area (Å²) in [5.41, 5.74) is -3.45. The first-order valence-electron chi connectivity index (χ1n) is 8.66. The van der Waals surface area contributed by atoms with E-state index in [0.29, 0.717) is 6.08 Å². The van der Waals surface area contributed by atoms with Crippen molar-refractivity contribution in [1.29, 1.82) is 0 Å². The van der Waals surface area contributed by atoms with Crippen molar-refractivity contribution in [3.63, 3.8) is 0 Å². The largest absolute Gasteiger partial charge is 0.426 e. The fourth-order valence-electron chi connectivity index (χ4n) is 3.35. The van der Waals surface area contributed by atoms with Crippen molar-refractivity contribution in [3.05, 3.63) is 81.5 Å². The van der Waals surface area contributed by atoms with Crippen molar-refractivity contribution in [2.75, 3.05) is 0 Å². The number of hydrogen-bond acceptors (Lipinski definition) is 4. The van der Waals surface area contributed by atoms with E-state index in [1.165, 1.54) is 0 Å². The summed E-state index contributed by atoms with van der Waals surface area (Å²) in [6.45, 7) is 0. The van der Waals surface area contributed by atoms with E-state index in [9.17, 15) is 48.7 Å². The molecule has 4 rings (SSSR count). The highest BCUT2D eigenvalue weighted by molar-refractivity contribution is 5.85.